The van der Waals surface area contributed by atoms with Crippen molar-refractivity contribution in [2.24, 2.45) is 0 Å². The molecule has 1 heterocycles. The molecule has 0 saturated carbocycles. The Morgan fingerprint density at radius 3 is 2.78 bits per heavy atom. The molecule has 1 amide bonds. The molecule has 3 rings (SSSR count). The molecule has 0 aliphatic rings. The zero-order valence-electron chi connectivity index (χ0n) is 12.7. The number of fused-ring (bicyclic) bond motifs is 1. The number of aliphatic hydroxyl groups excluding tert-OH is 1. The molecule has 1 atom stereocenters. The molecule has 0 fully saturated rings. The van der Waals surface area contributed by atoms with Gasteiger partial charge in [0.05, 0.1) is 18.8 Å². The van der Waals surface area contributed by atoms with E-state index in [0.717, 1.165) is 15.6 Å². The number of nitrogens with one attached hydrogen (secondary N) is 1. The van der Waals surface area contributed by atoms with Crippen molar-refractivity contribution in [1.82, 2.24) is 5.32 Å². The van der Waals surface area contributed by atoms with Crippen molar-refractivity contribution >= 4 is 27.3 Å². The number of hydrogen-bond donors (Lipinski definition) is 2. The van der Waals surface area contributed by atoms with Crippen molar-refractivity contribution < 1.29 is 14.6 Å². The van der Waals surface area contributed by atoms with E-state index in [2.05, 4.69) is 5.32 Å². The maximum Gasteiger partial charge on any atom is 0.255 e. The molecule has 0 spiro atoms. The van der Waals surface area contributed by atoms with E-state index < -0.39 is 6.10 Å². The van der Waals surface area contributed by atoms with Crippen LogP contribution in [0.15, 0.2) is 53.9 Å². The summed E-state index contributed by atoms with van der Waals surface area (Å²) in [7, 11) is 1.53. The van der Waals surface area contributed by atoms with Crippen LogP contribution in [-0.4, -0.2) is 24.7 Å². The average molecular weight is 327 g/mol. The molecule has 2 N–H and O–H groups in total. The predicted octanol–water partition coefficient (Wildman–Crippen LogP) is 3.37. The van der Waals surface area contributed by atoms with Crippen molar-refractivity contribution in [2.75, 3.05) is 13.7 Å². The molecular formula is C18H17NO3S. The minimum absolute atomic E-state index is 0.150. The van der Waals surface area contributed by atoms with Gasteiger partial charge in [-0.1, -0.05) is 30.3 Å². The normalized spacial score (nSPS) is 12.1. The lowest BCUT2D eigenvalue weighted by molar-refractivity contribution is 0.0914. The number of thiophene rings is 1. The highest BCUT2D eigenvalue weighted by molar-refractivity contribution is 7.17. The monoisotopic (exact) mass is 327 g/mol. The molecule has 0 aliphatic heterocycles. The smallest absolute Gasteiger partial charge is 0.255 e. The Morgan fingerprint density at radius 2 is 1.96 bits per heavy atom. The number of benzene rings is 2. The van der Waals surface area contributed by atoms with E-state index in [1.54, 1.807) is 29.5 Å². The fourth-order valence-corrected chi connectivity index (χ4v) is 3.49. The van der Waals surface area contributed by atoms with Gasteiger partial charge >= 0.3 is 0 Å². The molecule has 0 bridgehead atoms. The quantitative estimate of drug-likeness (QED) is 0.755. The first-order chi connectivity index (χ1) is 11.2. The Kier molecular flexibility index (Phi) is 4.60. The maximum absolute atomic E-state index is 12.3. The zero-order valence-corrected chi connectivity index (χ0v) is 13.5. The highest BCUT2D eigenvalue weighted by Gasteiger charge is 2.16. The van der Waals surface area contributed by atoms with Crippen LogP contribution in [0.3, 0.4) is 0 Å². The standard InChI is InChI=1S/C18H17NO3S/c1-22-16-8-4-2-7-13(16)18(21)19-10-15(20)14-11-23-17-9-5-3-6-12(14)17/h2-9,11,15,20H,10H2,1H3,(H,19,21). The van der Waals surface area contributed by atoms with Crippen LogP contribution < -0.4 is 10.1 Å². The first kappa shape index (κ1) is 15.5. The number of methoxy groups -OCH3 is 1. The summed E-state index contributed by atoms with van der Waals surface area (Å²) in [6.07, 6.45) is -0.746. The number of amides is 1. The van der Waals surface area contributed by atoms with E-state index in [9.17, 15) is 9.90 Å². The van der Waals surface area contributed by atoms with Crippen LogP contribution in [-0.2, 0) is 0 Å². The van der Waals surface area contributed by atoms with Gasteiger partial charge in [-0.05, 0) is 29.0 Å². The Hall–Kier alpha value is -2.37. The van der Waals surface area contributed by atoms with Crippen LogP contribution in [0.1, 0.15) is 22.0 Å². The second-order valence-electron chi connectivity index (χ2n) is 5.11. The first-order valence-electron chi connectivity index (χ1n) is 7.26. The number of ether oxygens (including phenoxy) is 1. The molecule has 4 nitrogen and oxygen atoms in total. The largest absolute Gasteiger partial charge is 0.496 e. The van der Waals surface area contributed by atoms with Gasteiger partial charge in [-0.15, -0.1) is 11.3 Å². The summed E-state index contributed by atoms with van der Waals surface area (Å²) < 4.78 is 6.30. The number of hydrogen-bond acceptors (Lipinski definition) is 4. The third kappa shape index (κ3) is 3.21. The van der Waals surface area contributed by atoms with Crippen molar-refractivity contribution in [3.8, 4) is 5.75 Å². The third-order valence-electron chi connectivity index (χ3n) is 3.68. The fraction of sp³-hybridized carbons (Fsp3) is 0.167. The van der Waals surface area contributed by atoms with Gasteiger partial charge in [0.2, 0.25) is 0 Å². The van der Waals surface area contributed by atoms with Gasteiger partial charge in [0.15, 0.2) is 0 Å². The van der Waals surface area contributed by atoms with E-state index in [1.807, 2.05) is 35.7 Å². The van der Waals surface area contributed by atoms with E-state index in [0.29, 0.717) is 11.3 Å². The van der Waals surface area contributed by atoms with Gasteiger partial charge in [-0.2, -0.15) is 0 Å². The van der Waals surface area contributed by atoms with Gasteiger partial charge in [0, 0.05) is 16.8 Å². The summed E-state index contributed by atoms with van der Waals surface area (Å²) in [5.41, 5.74) is 1.29. The predicted molar refractivity (Wildman–Crippen MR) is 92.1 cm³/mol. The molecule has 3 aromatic rings. The molecule has 1 unspecified atom stereocenters. The molecule has 1 aromatic heterocycles. The third-order valence-corrected chi connectivity index (χ3v) is 4.66. The summed E-state index contributed by atoms with van der Waals surface area (Å²) in [5.74, 6) is 0.251. The highest BCUT2D eigenvalue weighted by atomic mass is 32.1. The average Bonchev–Trinajstić information content (AvgIpc) is 3.03. The number of para-hydroxylation sites is 1. The number of aliphatic hydroxyl groups is 1. The van der Waals surface area contributed by atoms with Gasteiger partial charge in [0.25, 0.3) is 5.91 Å². The Balaban J connectivity index is 1.71. The lowest BCUT2D eigenvalue weighted by atomic mass is 10.1. The SMILES string of the molecule is COc1ccccc1C(=O)NCC(O)c1csc2ccccc12. The Morgan fingerprint density at radius 1 is 1.22 bits per heavy atom. The summed E-state index contributed by atoms with van der Waals surface area (Å²) >= 11 is 1.59. The topological polar surface area (TPSA) is 58.6 Å². The van der Waals surface area contributed by atoms with E-state index in [-0.39, 0.29) is 12.5 Å². The minimum atomic E-state index is -0.746. The van der Waals surface area contributed by atoms with Gasteiger partial charge in [-0.3, -0.25) is 4.79 Å². The molecule has 0 saturated heterocycles. The van der Waals surface area contributed by atoms with Crippen LogP contribution in [0.4, 0.5) is 0 Å². The van der Waals surface area contributed by atoms with Crippen LogP contribution in [0.25, 0.3) is 10.1 Å². The molecule has 0 aliphatic carbocycles. The summed E-state index contributed by atoms with van der Waals surface area (Å²) in [4.78, 5) is 12.3. The van der Waals surface area contributed by atoms with Crippen molar-refractivity contribution in [3.63, 3.8) is 0 Å². The Labute approximate surface area is 138 Å². The number of rotatable bonds is 5. The summed E-state index contributed by atoms with van der Waals surface area (Å²) in [6, 6.07) is 14.9. The highest BCUT2D eigenvalue weighted by Crippen LogP contribution is 2.30. The van der Waals surface area contributed by atoms with Gasteiger partial charge in [-0.25, -0.2) is 0 Å². The second kappa shape index (κ2) is 6.81. The van der Waals surface area contributed by atoms with E-state index >= 15 is 0 Å². The van der Waals surface area contributed by atoms with E-state index in [1.165, 1.54) is 7.11 Å². The van der Waals surface area contributed by atoms with Crippen LogP contribution in [0.2, 0.25) is 0 Å². The molecule has 5 heteroatoms. The molecule has 0 radical (unpaired) electrons. The van der Waals surface area contributed by atoms with Gasteiger partial charge < -0.3 is 15.2 Å². The maximum atomic E-state index is 12.3. The minimum Gasteiger partial charge on any atom is -0.496 e. The summed E-state index contributed by atoms with van der Waals surface area (Å²) in [5, 5.41) is 16.1. The van der Waals surface area contributed by atoms with Crippen LogP contribution in [0, 0.1) is 0 Å². The molecule has 23 heavy (non-hydrogen) atoms. The lowest BCUT2D eigenvalue weighted by Gasteiger charge is -2.13. The fourth-order valence-electron chi connectivity index (χ4n) is 2.48. The van der Waals surface area contributed by atoms with Crippen molar-refractivity contribution in [1.29, 1.82) is 0 Å². The molecule has 2 aromatic carbocycles. The zero-order chi connectivity index (χ0) is 16.2. The Bertz CT molecular complexity index is 828. The molecular weight excluding hydrogens is 310 g/mol. The van der Waals surface area contributed by atoms with Crippen molar-refractivity contribution in [2.45, 2.75) is 6.10 Å². The van der Waals surface area contributed by atoms with Gasteiger partial charge in [0.1, 0.15) is 5.75 Å². The van der Waals surface area contributed by atoms with Crippen molar-refractivity contribution in [3.05, 3.63) is 65.0 Å². The number of carbonyl (C=O) groups is 1. The van der Waals surface area contributed by atoms with Crippen LogP contribution in [0.5, 0.6) is 5.75 Å². The lowest BCUT2D eigenvalue weighted by Crippen LogP contribution is -2.28. The van der Waals surface area contributed by atoms with E-state index in [4.69, 9.17) is 4.74 Å². The van der Waals surface area contributed by atoms with Crippen LogP contribution >= 0.6 is 11.3 Å². The molecule has 118 valence electrons. The second-order valence-corrected chi connectivity index (χ2v) is 6.02. The summed E-state index contributed by atoms with van der Waals surface area (Å²) in [6.45, 7) is 0.150. The number of carbonyl (C=O) groups excluding carboxylic acids is 1. The first-order valence-corrected chi connectivity index (χ1v) is 8.14.